The Bertz CT molecular complexity index is 474. The molecule has 0 aromatic heterocycles. The van der Waals surface area contributed by atoms with Crippen molar-refractivity contribution in [3.63, 3.8) is 0 Å². The molecular weight excluding hydrogens is 336 g/mol. The van der Waals surface area contributed by atoms with Crippen LogP contribution in [0.15, 0.2) is 0 Å². The summed E-state index contributed by atoms with van der Waals surface area (Å²) in [7, 11) is -3.96. The Kier molecular flexibility index (Phi) is 7.37. The Morgan fingerprint density at radius 2 is 1.08 bits per heavy atom. The van der Waals surface area contributed by atoms with Crippen LogP contribution in [-0.2, 0) is 18.8 Å². The number of hydrogen-bond acceptors (Lipinski definition) is 4. The van der Waals surface area contributed by atoms with Gasteiger partial charge in [0, 0.05) is 0 Å². The molecule has 0 aromatic rings. The van der Waals surface area contributed by atoms with E-state index in [1.54, 1.807) is 0 Å². The van der Waals surface area contributed by atoms with Gasteiger partial charge < -0.3 is 0 Å². The van der Waals surface area contributed by atoms with E-state index in [2.05, 4.69) is 41.5 Å². The van der Waals surface area contributed by atoms with Crippen molar-refractivity contribution in [1.29, 1.82) is 0 Å². The molecule has 0 aliphatic heterocycles. The van der Waals surface area contributed by atoms with Crippen molar-refractivity contribution in [3.8, 4) is 0 Å². The van der Waals surface area contributed by atoms with E-state index in [1.807, 2.05) is 0 Å². The van der Waals surface area contributed by atoms with Crippen molar-refractivity contribution in [1.82, 2.24) is 0 Å². The summed E-state index contributed by atoms with van der Waals surface area (Å²) in [4.78, 5) is 0. The number of hydrogen-bond donors (Lipinski definition) is 0. The van der Waals surface area contributed by atoms with Gasteiger partial charge in [-0.25, -0.2) is 8.37 Å². The van der Waals surface area contributed by atoms with E-state index in [0.717, 1.165) is 38.5 Å². The van der Waals surface area contributed by atoms with Crippen molar-refractivity contribution in [2.45, 2.75) is 92.3 Å². The highest BCUT2D eigenvalue weighted by atomic mass is 32.3. The molecule has 0 amide bonds. The first-order chi connectivity index (χ1) is 11.6. The summed E-state index contributed by atoms with van der Waals surface area (Å²) in [5, 5.41) is 0. The Hall–Kier alpha value is -0.130. The van der Waals surface area contributed by atoms with Gasteiger partial charge >= 0.3 is 10.4 Å². The van der Waals surface area contributed by atoms with E-state index in [-0.39, 0.29) is 12.2 Å². The molecule has 2 aliphatic rings. The quantitative estimate of drug-likeness (QED) is 0.642. The first-order valence-electron chi connectivity index (χ1n) is 10.2. The molecular formula is C20H38O4S. The lowest BCUT2D eigenvalue weighted by atomic mass is 9.75. The molecule has 2 rings (SSSR count). The van der Waals surface area contributed by atoms with Crippen LogP contribution in [0.2, 0.25) is 0 Å². The summed E-state index contributed by atoms with van der Waals surface area (Å²) in [5.74, 6) is 2.44. The maximum atomic E-state index is 12.7. The van der Waals surface area contributed by atoms with Gasteiger partial charge in [0.25, 0.3) is 0 Å². The molecule has 2 aliphatic carbocycles. The molecule has 0 radical (unpaired) electrons. The molecule has 0 heterocycles. The monoisotopic (exact) mass is 374 g/mol. The van der Waals surface area contributed by atoms with Crippen molar-refractivity contribution < 1.29 is 16.8 Å². The first-order valence-corrected chi connectivity index (χ1v) is 11.5. The minimum absolute atomic E-state index is 0.243. The summed E-state index contributed by atoms with van der Waals surface area (Å²) < 4.78 is 36.6. The lowest BCUT2D eigenvalue weighted by Crippen LogP contribution is -2.40. The van der Waals surface area contributed by atoms with Crippen LogP contribution in [0.4, 0.5) is 0 Å². The van der Waals surface area contributed by atoms with Crippen LogP contribution in [0.1, 0.15) is 80.1 Å². The Morgan fingerprint density at radius 1 is 0.720 bits per heavy atom. The highest BCUT2D eigenvalue weighted by molar-refractivity contribution is 7.81. The fraction of sp³-hybridized carbons (Fsp3) is 1.00. The maximum Gasteiger partial charge on any atom is 0.400 e. The smallest absolute Gasteiger partial charge is 0.245 e. The van der Waals surface area contributed by atoms with Gasteiger partial charge in [0.15, 0.2) is 0 Å². The second-order valence-corrected chi connectivity index (χ2v) is 10.5. The minimum Gasteiger partial charge on any atom is -0.245 e. The third-order valence-electron chi connectivity index (χ3n) is 6.41. The van der Waals surface area contributed by atoms with Crippen molar-refractivity contribution in [2.75, 3.05) is 0 Å². The predicted octanol–water partition coefficient (Wildman–Crippen LogP) is 5.19. The molecule has 2 fully saturated rings. The topological polar surface area (TPSA) is 52.6 Å². The lowest BCUT2D eigenvalue weighted by molar-refractivity contribution is 0.00335. The predicted molar refractivity (Wildman–Crippen MR) is 101 cm³/mol. The first kappa shape index (κ1) is 21.2. The standard InChI is InChI=1S/C20H38O4S/c1-13(2)17-9-7-15(5)11-19(17)23-25(21,22)24-20-12-16(6)8-10-18(20)14(3)4/h13-20H,7-12H2,1-6H3/t15-,16-,17+,18+,19-,20-/m1/s1. The van der Waals surface area contributed by atoms with Crippen LogP contribution >= 0.6 is 0 Å². The van der Waals surface area contributed by atoms with Crippen LogP contribution in [0, 0.1) is 35.5 Å². The molecule has 4 nitrogen and oxygen atoms in total. The molecule has 0 saturated heterocycles. The third kappa shape index (κ3) is 5.93. The SMILES string of the molecule is CC(C)[C@@H]1CC[C@@H](C)C[C@H]1OS(=O)(=O)O[C@@H]1C[C@H](C)CC[C@H]1C(C)C. The Morgan fingerprint density at radius 3 is 1.40 bits per heavy atom. The Labute approximate surface area is 155 Å². The van der Waals surface area contributed by atoms with Crippen LogP contribution in [0.5, 0.6) is 0 Å². The van der Waals surface area contributed by atoms with Crippen LogP contribution in [0.25, 0.3) is 0 Å². The van der Waals surface area contributed by atoms with Crippen molar-refractivity contribution in [2.24, 2.45) is 35.5 Å². The average Bonchev–Trinajstić information content (AvgIpc) is 2.45. The minimum atomic E-state index is -3.96. The zero-order chi connectivity index (χ0) is 18.8. The van der Waals surface area contributed by atoms with Gasteiger partial charge in [-0.2, -0.15) is 8.42 Å². The number of rotatable bonds is 6. The third-order valence-corrected chi connectivity index (χ3v) is 7.37. The molecule has 5 heteroatoms. The van der Waals surface area contributed by atoms with E-state index in [0.29, 0.717) is 35.5 Å². The molecule has 25 heavy (non-hydrogen) atoms. The van der Waals surface area contributed by atoms with Crippen LogP contribution in [0.3, 0.4) is 0 Å². The molecule has 148 valence electrons. The largest absolute Gasteiger partial charge is 0.400 e. The molecule has 0 aromatic carbocycles. The van der Waals surface area contributed by atoms with Crippen LogP contribution in [-0.4, -0.2) is 20.6 Å². The molecule has 6 atom stereocenters. The van der Waals surface area contributed by atoms with Crippen molar-refractivity contribution >= 4 is 10.4 Å². The summed E-state index contributed by atoms with van der Waals surface area (Å²) >= 11 is 0. The normalized spacial score (nSPS) is 37.6. The van der Waals surface area contributed by atoms with Gasteiger partial charge in [0.2, 0.25) is 0 Å². The zero-order valence-corrected chi connectivity index (χ0v) is 17.7. The van der Waals surface area contributed by atoms with E-state index in [9.17, 15) is 8.42 Å². The summed E-state index contributed by atoms with van der Waals surface area (Å²) in [5.41, 5.74) is 0. The second kappa shape index (κ2) is 8.71. The van der Waals surface area contributed by atoms with Crippen LogP contribution < -0.4 is 0 Å². The molecule has 0 N–H and O–H groups in total. The second-order valence-electron chi connectivity index (χ2n) is 9.33. The van der Waals surface area contributed by atoms with E-state index in [4.69, 9.17) is 8.37 Å². The highest BCUT2D eigenvalue weighted by Crippen LogP contribution is 2.39. The van der Waals surface area contributed by atoms with Gasteiger partial charge in [-0.05, 0) is 61.2 Å². The molecule has 2 saturated carbocycles. The fourth-order valence-electron chi connectivity index (χ4n) is 4.78. The summed E-state index contributed by atoms with van der Waals surface area (Å²) in [6.07, 6.45) is 5.50. The highest BCUT2D eigenvalue weighted by Gasteiger charge is 2.39. The molecule has 0 bridgehead atoms. The summed E-state index contributed by atoms with van der Waals surface area (Å²) in [6.45, 7) is 13.0. The summed E-state index contributed by atoms with van der Waals surface area (Å²) in [6, 6.07) is 0. The molecule has 0 unspecified atom stereocenters. The van der Waals surface area contributed by atoms with E-state index >= 15 is 0 Å². The maximum absolute atomic E-state index is 12.7. The van der Waals surface area contributed by atoms with Crippen molar-refractivity contribution in [3.05, 3.63) is 0 Å². The van der Waals surface area contributed by atoms with Gasteiger partial charge in [-0.3, -0.25) is 0 Å². The van der Waals surface area contributed by atoms with Gasteiger partial charge in [0.1, 0.15) is 0 Å². The van der Waals surface area contributed by atoms with Gasteiger partial charge in [0.05, 0.1) is 12.2 Å². The van der Waals surface area contributed by atoms with E-state index in [1.165, 1.54) is 0 Å². The van der Waals surface area contributed by atoms with E-state index < -0.39 is 10.4 Å². The Balaban J connectivity index is 2.06. The molecule has 0 spiro atoms. The zero-order valence-electron chi connectivity index (χ0n) is 16.9. The van der Waals surface area contributed by atoms with Gasteiger partial charge in [-0.1, -0.05) is 54.4 Å². The fourth-order valence-corrected chi connectivity index (χ4v) is 5.87. The lowest BCUT2D eigenvalue weighted by Gasteiger charge is -2.38. The van der Waals surface area contributed by atoms with Gasteiger partial charge in [-0.15, -0.1) is 0 Å². The average molecular weight is 375 g/mol.